The van der Waals surface area contributed by atoms with Crippen molar-refractivity contribution < 1.29 is 14.6 Å². The summed E-state index contributed by atoms with van der Waals surface area (Å²) in [4.78, 5) is 22.9. The molecule has 3 rings (SSSR count). The highest BCUT2D eigenvalue weighted by atomic mass is 35.5. The summed E-state index contributed by atoms with van der Waals surface area (Å²) in [7, 11) is 3.19. The average molecular weight is 426 g/mol. The van der Waals surface area contributed by atoms with Crippen LogP contribution in [0, 0.1) is 0 Å². The standard InChI is InChI=1S/C18H21Cl2N5O3/c1-21-16-13(20)9-22-18(24-16)23-14-8-15(28-2)11(7-12(14)19)17(27)25-5-3-10(26)4-6-25/h7-10,26H,3-6H2,1-2H3,(H2,21,22,23,24). The molecule has 1 aliphatic rings. The highest BCUT2D eigenvalue weighted by Gasteiger charge is 2.25. The number of aliphatic hydroxyl groups is 1. The van der Waals surface area contributed by atoms with E-state index in [0.717, 1.165) is 0 Å². The molecule has 1 amide bonds. The van der Waals surface area contributed by atoms with Crippen molar-refractivity contribution in [3.05, 3.63) is 33.9 Å². The Morgan fingerprint density at radius 1 is 1.29 bits per heavy atom. The first-order valence-corrected chi connectivity index (χ1v) is 9.50. The summed E-state index contributed by atoms with van der Waals surface area (Å²) in [6.07, 6.45) is 2.23. The molecule has 0 aliphatic carbocycles. The molecule has 8 nitrogen and oxygen atoms in total. The minimum absolute atomic E-state index is 0.183. The molecule has 1 saturated heterocycles. The number of nitrogens with zero attached hydrogens (tertiary/aromatic N) is 3. The monoisotopic (exact) mass is 425 g/mol. The van der Waals surface area contributed by atoms with Crippen molar-refractivity contribution in [2.75, 3.05) is 37.9 Å². The van der Waals surface area contributed by atoms with E-state index in [2.05, 4.69) is 20.6 Å². The van der Waals surface area contributed by atoms with E-state index in [1.165, 1.54) is 13.3 Å². The van der Waals surface area contributed by atoms with Crippen LogP contribution in [0.25, 0.3) is 0 Å². The van der Waals surface area contributed by atoms with Crippen LogP contribution in [-0.4, -0.2) is 59.2 Å². The number of hydrogen-bond donors (Lipinski definition) is 3. The molecule has 0 bridgehead atoms. The summed E-state index contributed by atoms with van der Waals surface area (Å²) in [5, 5.41) is 16.2. The number of aromatic nitrogens is 2. The molecule has 28 heavy (non-hydrogen) atoms. The van der Waals surface area contributed by atoms with E-state index in [-0.39, 0.29) is 12.0 Å². The van der Waals surface area contributed by atoms with Gasteiger partial charge in [0.15, 0.2) is 0 Å². The van der Waals surface area contributed by atoms with Gasteiger partial charge in [0, 0.05) is 26.2 Å². The second-order valence-corrected chi connectivity index (χ2v) is 7.14. The van der Waals surface area contributed by atoms with E-state index < -0.39 is 0 Å². The largest absolute Gasteiger partial charge is 0.496 e. The zero-order valence-electron chi connectivity index (χ0n) is 15.5. The third kappa shape index (κ3) is 4.40. The maximum Gasteiger partial charge on any atom is 0.257 e. The first kappa shape index (κ1) is 20.4. The second kappa shape index (κ2) is 8.81. The Bertz CT molecular complexity index is 873. The fraction of sp³-hybridized carbons (Fsp3) is 0.389. The Morgan fingerprint density at radius 2 is 2.00 bits per heavy atom. The minimum Gasteiger partial charge on any atom is -0.496 e. The summed E-state index contributed by atoms with van der Waals surface area (Å²) >= 11 is 12.4. The van der Waals surface area contributed by atoms with Gasteiger partial charge in [-0.25, -0.2) is 4.98 Å². The van der Waals surface area contributed by atoms with Gasteiger partial charge >= 0.3 is 0 Å². The van der Waals surface area contributed by atoms with Gasteiger partial charge in [0.1, 0.15) is 16.6 Å². The van der Waals surface area contributed by atoms with Crippen molar-refractivity contribution in [3.63, 3.8) is 0 Å². The predicted molar refractivity (Wildman–Crippen MR) is 109 cm³/mol. The number of hydrogen-bond acceptors (Lipinski definition) is 7. The number of ether oxygens (including phenoxy) is 1. The number of methoxy groups -OCH3 is 1. The molecule has 1 aliphatic heterocycles. The average Bonchev–Trinajstić information content (AvgIpc) is 2.70. The predicted octanol–water partition coefficient (Wildman–Crippen LogP) is 3.17. The maximum absolute atomic E-state index is 12.9. The number of nitrogens with one attached hydrogen (secondary N) is 2. The van der Waals surface area contributed by atoms with Crippen molar-refractivity contribution in [2.45, 2.75) is 18.9 Å². The van der Waals surface area contributed by atoms with Gasteiger partial charge in [0.2, 0.25) is 5.95 Å². The number of amides is 1. The summed E-state index contributed by atoms with van der Waals surface area (Å²) < 4.78 is 5.41. The van der Waals surface area contributed by atoms with Gasteiger partial charge in [-0.15, -0.1) is 0 Å². The van der Waals surface area contributed by atoms with Gasteiger partial charge in [-0.2, -0.15) is 4.98 Å². The maximum atomic E-state index is 12.9. The van der Waals surface area contributed by atoms with Crippen molar-refractivity contribution in [3.8, 4) is 5.75 Å². The molecule has 2 heterocycles. The highest BCUT2D eigenvalue weighted by molar-refractivity contribution is 6.34. The molecule has 0 unspecified atom stereocenters. The van der Waals surface area contributed by atoms with Gasteiger partial charge in [-0.05, 0) is 18.9 Å². The van der Waals surface area contributed by atoms with Gasteiger partial charge in [0.25, 0.3) is 5.91 Å². The molecule has 2 aromatic rings. The Hall–Kier alpha value is -2.29. The van der Waals surface area contributed by atoms with E-state index in [9.17, 15) is 9.90 Å². The summed E-state index contributed by atoms with van der Waals surface area (Å²) in [5.74, 6) is 0.964. The quantitative estimate of drug-likeness (QED) is 0.676. The number of benzene rings is 1. The van der Waals surface area contributed by atoms with Crippen LogP contribution in [0.5, 0.6) is 5.75 Å². The SMILES string of the molecule is CNc1nc(Nc2cc(OC)c(C(=O)N3CCC(O)CC3)cc2Cl)ncc1Cl. The number of piperidine rings is 1. The summed E-state index contributed by atoms with van der Waals surface area (Å²) in [6.45, 7) is 0.984. The molecular weight excluding hydrogens is 405 g/mol. The van der Waals surface area contributed by atoms with E-state index in [1.54, 1.807) is 24.1 Å². The summed E-state index contributed by atoms with van der Waals surface area (Å²) in [5.41, 5.74) is 0.857. The fourth-order valence-electron chi connectivity index (χ4n) is 2.95. The smallest absolute Gasteiger partial charge is 0.257 e. The number of carbonyl (C=O) groups is 1. The van der Waals surface area contributed by atoms with Crippen molar-refractivity contribution >= 4 is 46.6 Å². The minimum atomic E-state index is -0.358. The first-order valence-electron chi connectivity index (χ1n) is 8.75. The number of aliphatic hydroxyl groups excluding tert-OH is 1. The van der Waals surface area contributed by atoms with E-state index >= 15 is 0 Å². The van der Waals surface area contributed by atoms with E-state index in [0.29, 0.717) is 64.7 Å². The number of halogens is 2. The Labute approximate surface area is 172 Å². The molecule has 0 atom stereocenters. The van der Waals surface area contributed by atoms with Gasteiger partial charge in [-0.3, -0.25) is 4.79 Å². The lowest BCUT2D eigenvalue weighted by Gasteiger charge is -2.30. The number of anilines is 3. The fourth-order valence-corrected chi connectivity index (χ4v) is 3.34. The van der Waals surface area contributed by atoms with Crippen LogP contribution in [0.3, 0.4) is 0 Å². The zero-order valence-corrected chi connectivity index (χ0v) is 17.0. The van der Waals surface area contributed by atoms with Crippen LogP contribution in [0.1, 0.15) is 23.2 Å². The number of rotatable bonds is 5. The number of likely N-dealkylation sites (tertiary alicyclic amines) is 1. The molecular formula is C18H21Cl2N5O3. The van der Waals surface area contributed by atoms with Crippen LogP contribution in [-0.2, 0) is 0 Å². The van der Waals surface area contributed by atoms with Crippen molar-refractivity contribution in [1.29, 1.82) is 0 Å². The molecule has 1 fully saturated rings. The Morgan fingerprint density at radius 3 is 2.64 bits per heavy atom. The van der Waals surface area contributed by atoms with E-state index in [4.69, 9.17) is 27.9 Å². The topological polar surface area (TPSA) is 99.6 Å². The molecule has 1 aromatic heterocycles. The lowest BCUT2D eigenvalue weighted by molar-refractivity contribution is 0.0544. The Balaban J connectivity index is 1.86. The lowest BCUT2D eigenvalue weighted by atomic mass is 10.1. The van der Waals surface area contributed by atoms with Crippen molar-refractivity contribution in [1.82, 2.24) is 14.9 Å². The Kier molecular flexibility index (Phi) is 6.43. The zero-order chi connectivity index (χ0) is 20.3. The third-order valence-electron chi connectivity index (χ3n) is 4.50. The van der Waals surface area contributed by atoms with Crippen LogP contribution in [0.15, 0.2) is 18.3 Å². The molecule has 0 radical (unpaired) electrons. The molecule has 1 aromatic carbocycles. The summed E-state index contributed by atoms with van der Waals surface area (Å²) in [6, 6.07) is 3.19. The molecule has 10 heteroatoms. The molecule has 0 saturated carbocycles. The normalized spacial score (nSPS) is 14.7. The number of carbonyl (C=O) groups excluding carboxylic acids is 1. The lowest BCUT2D eigenvalue weighted by Crippen LogP contribution is -2.40. The molecule has 0 spiro atoms. The second-order valence-electron chi connectivity index (χ2n) is 6.32. The van der Waals surface area contributed by atoms with E-state index in [1.807, 2.05) is 0 Å². The molecule has 3 N–H and O–H groups in total. The highest BCUT2D eigenvalue weighted by Crippen LogP contribution is 2.34. The van der Waals surface area contributed by atoms with Gasteiger partial charge in [0.05, 0.1) is 35.7 Å². The van der Waals surface area contributed by atoms with Gasteiger partial charge in [-0.1, -0.05) is 23.2 Å². The third-order valence-corrected chi connectivity index (χ3v) is 5.09. The molecule has 150 valence electrons. The van der Waals surface area contributed by atoms with Crippen LogP contribution in [0.4, 0.5) is 17.5 Å². The van der Waals surface area contributed by atoms with Crippen LogP contribution in [0.2, 0.25) is 10.0 Å². The first-order chi connectivity index (χ1) is 13.4. The van der Waals surface area contributed by atoms with Crippen LogP contribution >= 0.6 is 23.2 Å². The van der Waals surface area contributed by atoms with Crippen LogP contribution < -0.4 is 15.4 Å². The van der Waals surface area contributed by atoms with Gasteiger partial charge < -0.3 is 25.4 Å². The van der Waals surface area contributed by atoms with Crippen molar-refractivity contribution in [2.24, 2.45) is 0 Å².